The molecule has 0 saturated heterocycles. The Morgan fingerprint density at radius 2 is 2.29 bits per heavy atom. The first kappa shape index (κ1) is 11.3. The van der Waals surface area contributed by atoms with E-state index in [4.69, 9.17) is 11.6 Å². The van der Waals surface area contributed by atoms with Gasteiger partial charge in [0.2, 0.25) is 0 Å². The van der Waals surface area contributed by atoms with Crippen LogP contribution in [0.4, 0.5) is 5.69 Å². The Balaban J connectivity index is 2.63. The van der Waals surface area contributed by atoms with Gasteiger partial charge in [-0.25, -0.2) is 0 Å². The lowest BCUT2D eigenvalue weighted by atomic mass is 10.1. The molecule has 0 spiro atoms. The second-order valence-corrected chi connectivity index (χ2v) is 4.03. The first-order chi connectivity index (χ1) is 6.65. The lowest BCUT2D eigenvalue weighted by Crippen LogP contribution is -2.10. The minimum absolute atomic E-state index is 0.666. The molecule has 14 heavy (non-hydrogen) atoms. The molecule has 0 saturated carbocycles. The molecule has 0 bridgehead atoms. The van der Waals surface area contributed by atoms with Crippen molar-refractivity contribution in [3.8, 4) is 0 Å². The quantitative estimate of drug-likeness (QED) is 0.827. The van der Waals surface area contributed by atoms with Gasteiger partial charge in [0.05, 0.1) is 16.4 Å². The fraction of sp³-hybridized carbons (Fsp3) is 0.545. The normalized spacial score (nSPS) is 12.6. The second-order valence-electron chi connectivity index (χ2n) is 3.65. The van der Waals surface area contributed by atoms with Crippen molar-refractivity contribution in [3.63, 3.8) is 0 Å². The maximum atomic E-state index is 6.09. The molecule has 0 fully saturated rings. The zero-order valence-corrected chi connectivity index (χ0v) is 9.73. The zero-order valence-electron chi connectivity index (χ0n) is 8.97. The summed E-state index contributed by atoms with van der Waals surface area (Å²) in [6.07, 6.45) is 2.95. The lowest BCUT2D eigenvalue weighted by Gasteiger charge is -2.12. The van der Waals surface area contributed by atoms with Gasteiger partial charge < -0.3 is 5.32 Å². The predicted octanol–water partition coefficient (Wildman–Crippen LogP) is 3.50. The third kappa shape index (κ3) is 2.88. The molecule has 2 nitrogen and oxygen atoms in total. The Labute approximate surface area is 90.7 Å². The van der Waals surface area contributed by atoms with Gasteiger partial charge in [-0.2, -0.15) is 0 Å². The van der Waals surface area contributed by atoms with Crippen LogP contribution >= 0.6 is 11.6 Å². The van der Waals surface area contributed by atoms with E-state index < -0.39 is 0 Å². The minimum atomic E-state index is 0.666. The van der Waals surface area contributed by atoms with E-state index >= 15 is 0 Å². The van der Waals surface area contributed by atoms with Crippen molar-refractivity contribution in [3.05, 3.63) is 23.0 Å². The van der Waals surface area contributed by atoms with Gasteiger partial charge in [-0.3, -0.25) is 4.98 Å². The zero-order chi connectivity index (χ0) is 10.6. The summed E-state index contributed by atoms with van der Waals surface area (Å²) in [7, 11) is 0. The topological polar surface area (TPSA) is 24.9 Å². The molecule has 0 radical (unpaired) electrons. The summed E-state index contributed by atoms with van der Waals surface area (Å²) in [6, 6.07) is 1.91. The molecule has 0 aliphatic rings. The Hall–Kier alpha value is -0.760. The Morgan fingerprint density at radius 3 is 2.93 bits per heavy atom. The number of nitrogens with one attached hydrogen (secondary N) is 1. The highest BCUT2D eigenvalue weighted by Crippen LogP contribution is 2.23. The van der Waals surface area contributed by atoms with Crippen LogP contribution in [-0.4, -0.2) is 11.5 Å². The molecule has 78 valence electrons. The standard InChI is InChI=1S/C11H17ClN2/c1-4-8(2)7-14-10-5-6-13-9(3)11(10)12/h5-6,8H,4,7H2,1-3H3,(H,13,14). The third-order valence-electron chi connectivity index (χ3n) is 2.40. The van der Waals surface area contributed by atoms with E-state index in [1.165, 1.54) is 6.42 Å². The van der Waals surface area contributed by atoms with Crippen LogP contribution in [0.5, 0.6) is 0 Å². The number of rotatable bonds is 4. The van der Waals surface area contributed by atoms with Crippen LogP contribution < -0.4 is 5.32 Å². The van der Waals surface area contributed by atoms with Crippen LogP contribution in [-0.2, 0) is 0 Å². The van der Waals surface area contributed by atoms with Crippen LogP contribution in [0, 0.1) is 12.8 Å². The fourth-order valence-corrected chi connectivity index (χ4v) is 1.29. The molecule has 0 amide bonds. The third-order valence-corrected chi connectivity index (χ3v) is 2.88. The highest BCUT2D eigenvalue weighted by molar-refractivity contribution is 6.33. The summed E-state index contributed by atoms with van der Waals surface area (Å²) < 4.78 is 0. The van der Waals surface area contributed by atoms with Crippen molar-refractivity contribution in [2.45, 2.75) is 27.2 Å². The molecule has 1 atom stereocenters. The highest BCUT2D eigenvalue weighted by Gasteiger charge is 2.04. The summed E-state index contributed by atoms with van der Waals surface area (Å²) in [6.45, 7) is 7.27. The average Bonchev–Trinajstić information content (AvgIpc) is 2.20. The molecule has 1 aromatic heterocycles. The number of aryl methyl sites for hydroxylation is 1. The van der Waals surface area contributed by atoms with Gasteiger partial charge in [0.25, 0.3) is 0 Å². The molecular formula is C11H17ClN2. The van der Waals surface area contributed by atoms with E-state index in [0.29, 0.717) is 5.92 Å². The summed E-state index contributed by atoms with van der Waals surface area (Å²) >= 11 is 6.09. The van der Waals surface area contributed by atoms with Gasteiger partial charge in [0.15, 0.2) is 0 Å². The first-order valence-corrected chi connectivity index (χ1v) is 5.38. The van der Waals surface area contributed by atoms with Crippen molar-refractivity contribution in [2.75, 3.05) is 11.9 Å². The van der Waals surface area contributed by atoms with E-state index in [0.717, 1.165) is 22.9 Å². The smallest absolute Gasteiger partial charge is 0.0849 e. The van der Waals surface area contributed by atoms with Crippen LogP contribution in [0.1, 0.15) is 26.0 Å². The predicted molar refractivity (Wildman–Crippen MR) is 61.9 cm³/mol. The summed E-state index contributed by atoms with van der Waals surface area (Å²) in [5.74, 6) is 0.666. The van der Waals surface area contributed by atoms with E-state index in [9.17, 15) is 0 Å². The molecule has 1 aromatic rings. The number of halogens is 1. The van der Waals surface area contributed by atoms with Gasteiger partial charge in [-0.05, 0) is 18.9 Å². The number of anilines is 1. The number of nitrogens with zero attached hydrogens (tertiary/aromatic N) is 1. The molecule has 0 aliphatic heterocycles. The molecule has 3 heteroatoms. The molecule has 1 unspecified atom stereocenters. The molecule has 1 rings (SSSR count). The average molecular weight is 213 g/mol. The van der Waals surface area contributed by atoms with Gasteiger partial charge in [0.1, 0.15) is 0 Å². The largest absolute Gasteiger partial charge is 0.383 e. The van der Waals surface area contributed by atoms with E-state index in [2.05, 4.69) is 24.1 Å². The van der Waals surface area contributed by atoms with Crippen LogP contribution in [0.2, 0.25) is 5.02 Å². The van der Waals surface area contributed by atoms with Crippen LogP contribution in [0.3, 0.4) is 0 Å². The fourth-order valence-electron chi connectivity index (χ4n) is 1.11. The summed E-state index contributed by atoms with van der Waals surface area (Å²) in [4.78, 5) is 4.11. The molecular weight excluding hydrogens is 196 g/mol. The van der Waals surface area contributed by atoms with Gasteiger partial charge in [-0.15, -0.1) is 0 Å². The summed E-state index contributed by atoms with van der Waals surface area (Å²) in [5, 5.41) is 4.06. The van der Waals surface area contributed by atoms with Crippen molar-refractivity contribution >= 4 is 17.3 Å². The maximum absolute atomic E-state index is 6.09. The van der Waals surface area contributed by atoms with Crippen molar-refractivity contribution in [2.24, 2.45) is 5.92 Å². The van der Waals surface area contributed by atoms with E-state index in [1.54, 1.807) is 6.20 Å². The van der Waals surface area contributed by atoms with Crippen LogP contribution in [0.25, 0.3) is 0 Å². The molecule has 1 heterocycles. The number of hydrogen-bond donors (Lipinski definition) is 1. The minimum Gasteiger partial charge on any atom is -0.383 e. The van der Waals surface area contributed by atoms with E-state index in [-0.39, 0.29) is 0 Å². The summed E-state index contributed by atoms with van der Waals surface area (Å²) in [5.41, 5.74) is 1.86. The number of pyridine rings is 1. The molecule has 0 aromatic carbocycles. The second kappa shape index (κ2) is 5.20. The van der Waals surface area contributed by atoms with Gasteiger partial charge in [0, 0.05) is 12.7 Å². The van der Waals surface area contributed by atoms with Crippen molar-refractivity contribution in [1.29, 1.82) is 0 Å². The monoisotopic (exact) mass is 212 g/mol. The van der Waals surface area contributed by atoms with Crippen molar-refractivity contribution < 1.29 is 0 Å². The van der Waals surface area contributed by atoms with Gasteiger partial charge in [-0.1, -0.05) is 31.9 Å². The Bertz CT molecular complexity index is 299. The Morgan fingerprint density at radius 1 is 1.57 bits per heavy atom. The molecule has 0 aliphatic carbocycles. The maximum Gasteiger partial charge on any atom is 0.0849 e. The van der Waals surface area contributed by atoms with E-state index in [1.807, 2.05) is 13.0 Å². The number of aromatic nitrogens is 1. The highest BCUT2D eigenvalue weighted by atomic mass is 35.5. The Kier molecular flexibility index (Phi) is 4.21. The first-order valence-electron chi connectivity index (χ1n) is 5.00. The SMILES string of the molecule is CCC(C)CNc1ccnc(C)c1Cl. The van der Waals surface area contributed by atoms with Crippen LogP contribution in [0.15, 0.2) is 12.3 Å². The van der Waals surface area contributed by atoms with Crippen molar-refractivity contribution in [1.82, 2.24) is 4.98 Å². The number of hydrogen-bond acceptors (Lipinski definition) is 2. The lowest BCUT2D eigenvalue weighted by molar-refractivity contribution is 0.593. The van der Waals surface area contributed by atoms with Gasteiger partial charge >= 0.3 is 0 Å². The molecule has 1 N–H and O–H groups in total.